The molecule has 0 amide bonds. The lowest BCUT2D eigenvalue weighted by Crippen LogP contribution is -2.29. The number of aldehydes is 1. The van der Waals surface area contributed by atoms with Crippen molar-refractivity contribution in [3.05, 3.63) is 0 Å². The van der Waals surface area contributed by atoms with Crippen LogP contribution in [-0.4, -0.2) is 23.6 Å². The lowest BCUT2D eigenvalue weighted by Gasteiger charge is -2.29. The molecule has 0 aromatic carbocycles. The van der Waals surface area contributed by atoms with Crippen LogP contribution in [0, 0.1) is 5.41 Å². The second-order valence-electron chi connectivity index (χ2n) is 4.51. The second-order valence-corrected chi connectivity index (χ2v) is 4.51. The Kier molecular flexibility index (Phi) is 5.78. The predicted octanol–water partition coefficient (Wildman–Crippen LogP) is 1.50. The van der Waals surface area contributed by atoms with Gasteiger partial charge < -0.3 is 19.2 Å². The Bertz CT molecular complexity index is 263. The quantitative estimate of drug-likeness (QED) is 0.588. The molecule has 0 aromatic heterocycles. The normalized spacial score (nSPS) is 10.9. The van der Waals surface area contributed by atoms with Crippen molar-refractivity contribution in [1.82, 2.24) is 0 Å². The van der Waals surface area contributed by atoms with Crippen LogP contribution in [-0.2, 0) is 19.2 Å². The number of rotatable bonds is 8. The number of hydrogen-bond acceptors (Lipinski definition) is 4. The highest BCUT2D eigenvalue weighted by atomic mass is 16.1. The number of hydrogen-bond donors (Lipinski definition) is 0. The molecule has 4 heteroatoms. The summed E-state index contributed by atoms with van der Waals surface area (Å²) in [6.45, 7) is 4.21. The van der Waals surface area contributed by atoms with Gasteiger partial charge in [0, 0.05) is 25.7 Å². The maximum absolute atomic E-state index is 11.2. The van der Waals surface area contributed by atoms with Crippen LogP contribution in [0.25, 0.3) is 0 Å². The van der Waals surface area contributed by atoms with E-state index in [4.69, 9.17) is 0 Å². The summed E-state index contributed by atoms with van der Waals surface area (Å²) in [6.07, 6.45) is 1.06. The fraction of sp³-hybridized carbons (Fsp3) is 0.667. The summed E-state index contributed by atoms with van der Waals surface area (Å²) in [5, 5.41) is 0. The highest BCUT2D eigenvalue weighted by molar-refractivity contribution is 5.84. The van der Waals surface area contributed by atoms with E-state index < -0.39 is 5.41 Å². The van der Waals surface area contributed by atoms with Crippen molar-refractivity contribution in [3.63, 3.8) is 0 Å². The van der Waals surface area contributed by atoms with Gasteiger partial charge in [0.2, 0.25) is 0 Å². The van der Waals surface area contributed by atoms with Crippen LogP contribution < -0.4 is 0 Å². The third-order valence-electron chi connectivity index (χ3n) is 2.39. The van der Waals surface area contributed by atoms with Gasteiger partial charge in [-0.25, -0.2) is 0 Å². The third kappa shape index (κ3) is 5.53. The molecule has 0 aliphatic carbocycles. The maximum atomic E-state index is 11.2. The smallest absolute Gasteiger partial charge is 0.130 e. The molecule has 0 saturated heterocycles. The molecule has 16 heavy (non-hydrogen) atoms. The van der Waals surface area contributed by atoms with E-state index in [1.807, 2.05) is 0 Å². The molecule has 0 fully saturated rings. The molecule has 0 atom stereocenters. The summed E-state index contributed by atoms with van der Waals surface area (Å²) >= 11 is 0. The number of ketones is 3. The first-order chi connectivity index (χ1) is 7.31. The first-order valence-corrected chi connectivity index (χ1v) is 5.23. The van der Waals surface area contributed by atoms with Gasteiger partial charge >= 0.3 is 0 Å². The minimum absolute atomic E-state index is 0.0751. The lowest BCUT2D eigenvalue weighted by atomic mass is 9.73. The van der Waals surface area contributed by atoms with Crippen LogP contribution >= 0.6 is 0 Å². The van der Waals surface area contributed by atoms with Gasteiger partial charge in [-0.3, -0.25) is 0 Å². The molecule has 4 nitrogen and oxygen atoms in total. The van der Waals surface area contributed by atoms with Crippen LogP contribution in [0.1, 0.15) is 46.5 Å². The molecule has 0 radical (unpaired) electrons. The van der Waals surface area contributed by atoms with Crippen LogP contribution in [0.4, 0.5) is 0 Å². The summed E-state index contributed by atoms with van der Waals surface area (Å²) in [7, 11) is 0. The summed E-state index contributed by atoms with van der Waals surface area (Å²) in [5.74, 6) is -0.321. The van der Waals surface area contributed by atoms with E-state index in [0.717, 1.165) is 0 Å². The van der Waals surface area contributed by atoms with Crippen molar-refractivity contribution in [2.24, 2.45) is 5.41 Å². The molecule has 0 bridgehead atoms. The monoisotopic (exact) mass is 226 g/mol. The van der Waals surface area contributed by atoms with Crippen molar-refractivity contribution in [3.8, 4) is 0 Å². The predicted molar refractivity (Wildman–Crippen MR) is 59.0 cm³/mol. The maximum Gasteiger partial charge on any atom is 0.130 e. The molecule has 0 spiro atoms. The number of carbonyl (C=O) groups excluding carboxylic acids is 4. The summed E-state index contributed by atoms with van der Waals surface area (Å²) in [5.41, 5.74) is -0.800. The van der Waals surface area contributed by atoms with Gasteiger partial charge in [0.05, 0.1) is 0 Å². The average Bonchev–Trinajstić information content (AvgIpc) is 1.98. The van der Waals surface area contributed by atoms with E-state index in [1.165, 1.54) is 20.8 Å². The Balaban J connectivity index is 5.00. The zero-order valence-corrected chi connectivity index (χ0v) is 10.0. The molecule has 0 aliphatic heterocycles. The van der Waals surface area contributed by atoms with Crippen molar-refractivity contribution < 1.29 is 19.2 Å². The Morgan fingerprint density at radius 3 is 1.38 bits per heavy atom. The minimum Gasteiger partial charge on any atom is -0.303 e. The lowest BCUT2D eigenvalue weighted by molar-refractivity contribution is -0.126. The fourth-order valence-corrected chi connectivity index (χ4v) is 2.17. The fourth-order valence-electron chi connectivity index (χ4n) is 2.17. The van der Waals surface area contributed by atoms with Crippen LogP contribution in [0.15, 0.2) is 0 Å². The highest BCUT2D eigenvalue weighted by Crippen LogP contribution is 2.35. The van der Waals surface area contributed by atoms with E-state index in [0.29, 0.717) is 6.29 Å². The average molecular weight is 226 g/mol. The Morgan fingerprint density at radius 2 is 1.19 bits per heavy atom. The Hall–Kier alpha value is -1.32. The molecule has 0 aromatic rings. The molecule has 0 aliphatic rings. The molecule has 0 unspecified atom stereocenters. The molecule has 0 N–H and O–H groups in total. The standard InChI is InChI=1S/C12H18O4/c1-9(14)6-12(4-5-13,7-10(2)15)8-11(3)16/h5H,4,6-8H2,1-3H3. The van der Waals surface area contributed by atoms with Gasteiger partial charge in [0.1, 0.15) is 23.6 Å². The largest absolute Gasteiger partial charge is 0.303 e. The van der Waals surface area contributed by atoms with Crippen molar-refractivity contribution in [2.45, 2.75) is 46.5 Å². The minimum atomic E-state index is -0.800. The zero-order chi connectivity index (χ0) is 12.8. The summed E-state index contributed by atoms with van der Waals surface area (Å²) < 4.78 is 0. The zero-order valence-electron chi connectivity index (χ0n) is 10.0. The van der Waals surface area contributed by atoms with Crippen LogP contribution in [0.3, 0.4) is 0 Å². The second kappa shape index (κ2) is 6.30. The van der Waals surface area contributed by atoms with Gasteiger partial charge in [-0.2, -0.15) is 0 Å². The molecular weight excluding hydrogens is 208 g/mol. The Labute approximate surface area is 95.4 Å². The number of Topliss-reactive ketones (excluding diaryl/α,β-unsaturated/α-hetero) is 3. The van der Waals surface area contributed by atoms with Gasteiger partial charge in [0.25, 0.3) is 0 Å². The van der Waals surface area contributed by atoms with Crippen molar-refractivity contribution in [2.75, 3.05) is 0 Å². The van der Waals surface area contributed by atoms with Gasteiger partial charge in [-0.05, 0) is 26.2 Å². The molecule has 0 rings (SSSR count). The van der Waals surface area contributed by atoms with Crippen LogP contribution in [0.2, 0.25) is 0 Å². The topological polar surface area (TPSA) is 68.3 Å². The highest BCUT2D eigenvalue weighted by Gasteiger charge is 2.34. The van der Waals surface area contributed by atoms with Crippen molar-refractivity contribution in [1.29, 1.82) is 0 Å². The third-order valence-corrected chi connectivity index (χ3v) is 2.39. The van der Waals surface area contributed by atoms with Gasteiger partial charge in [-0.15, -0.1) is 0 Å². The molecule has 0 heterocycles. The van der Waals surface area contributed by atoms with Crippen LogP contribution in [0.5, 0.6) is 0 Å². The van der Waals surface area contributed by atoms with Crippen molar-refractivity contribution >= 4 is 23.6 Å². The van der Waals surface area contributed by atoms with E-state index in [1.54, 1.807) is 0 Å². The number of carbonyl (C=O) groups is 4. The van der Waals surface area contributed by atoms with E-state index in [9.17, 15) is 19.2 Å². The van der Waals surface area contributed by atoms with E-state index >= 15 is 0 Å². The first-order valence-electron chi connectivity index (χ1n) is 5.23. The van der Waals surface area contributed by atoms with Gasteiger partial charge in [0.15, 0.2) is 0 Å². The summed E-state index contributed by atoms with van der Waals surface area (Å²) in [6, 6.07) is 0. The molecule has 90 valence electrons. The molecule has 0 saturated carbocycles. The first kappa shape index (κ1) is 14.7. The molecular formula is C12H18O4. The Morgan fingerprint density at radius 1 is 0.875 bits per heavy atom. The summed E-state index contributed by atoms with van der Waals surface area (Å²) in [4.78, 5) is 44.1. The van der Waals surface area contributed by atoms with E-state index in [-0.39, 0.29) is 43.0 Å². The van der Waals surface area contributed by atoms with E-state index in [2.05, 4.69) is 0 Å². The van der Waals surface area contributed by atoms with Gasteiger partial charge in [-0.1, -0.05) is 0 Å². The SMILES string of the molecule is CC(=O)CC(CC=O)(CC(C)=O)CC(C)=O.